The zero-order chi connectivity index (χ0) is 14.9. The number of hydrogen-bond acceptors (Lipinski definition) is 3. The zero-order valence-corrected chi connectivity index (χ0v) is 13.3. The SMILES string of the molecule is CN(C(=O)O)[C@@H]1CCN(S(=O)(=O)c2ccccc2Br)C1. The Labute approximate surface area is 126 Å². The van der Waals surface area contributed by atoms with Crippen molar-refractivity contribution in [3.63, 3.8) is 0 Å². The molecule has 1 aliphatic heterocycles. The highest BCUT2D eigenvalue weighted by molar-refractivity contribution is 9.10. The molecule has 0 unspecified atom stereocenters. The van der Waals surface area contributed by atoms with Gasteiger partial charge in [-0.15, -0.1) is 0 Å². The quantitative estimate of drug-likeness (QED) is 0.889. The van der Waals surface area contributed by atoms with E-state index in [0.717, 1.165) is 4.90 Å². The van der Waals surface area contributed by atoms with Crippen LogP contribution in [0, 0.1) is 0 Å². The van der Waals surface area contributed by atoms with Gasteiger partial charge in [0.25, 0.3) is 0 Å². The molecule has 1 aliphatic rings. The topological polar surface area (TPSA) is 77.9 Å². The maximum absolute atomic E-state index is 12.5. The van der Waals surface area contributed by atoms with E-state index >= 15 is 0 Å². The molecule has 1 aromatic carbocycles. The van der Waals surface area contributed by atoms with E-state index in [2.05, 4.69) is 15.9 Å². The van der Waals surface area contributed by atoms with Crippen molar-refractivity contribution in [2.24, 2.45) is 0 Å². The number of halogens is 1. The molecule has 110 valence electrons. The molecule has 0 spiro atoms. The van der Waals surface area contributed by atoms with Crippen LogP contribution in [-0.4, -0.2) is 55.0 Å². The fourth-order valence-electron chi connectivity index (χ4n) is 2.19. The maximum atomic E-state index is 12.5. The highest BCUT2D eigenvalue weighted by Crippen LogP contribution is 2.28. The fourth-order valence-corrected chi connectivity index (χ4v) is 4.65. The zero-order valence-electron chi connectivity index (χ0n) is 10.9. The molecular formula is C12H15BrN2O4S. The lowest BCUT2D eigenvalue weighted by atomic mass is 10.2. The first-order chi connectivity index (χ1) is 9.34. The summed E-state index contributed by atoms with van der Waals surface area (Å²) in [5.74, 6) is 0. The molecule has 0 saturated carbocycles. The van der Waals surface area contributed by atoms with Gasteiger partial charge in [0.05, 0.1) is 4.90 Å². The molecule has 6 nitrogen and oxygen atoms in total. The Morgan fingerprint density at radius 1 is 1.45 bits per heavy atom. The van der Waals surface area contributed by atoms with Gasteiger partial charge in [-0.25, -0.2) is 13.2 Å². The molecule has 2 rings (SSSR count). The number of likely N-dealkylation sites (N-methyl/N-ethyl adjacent to an activating group) is 1. The maximum Gasteiger partial charge on any atom is 0.407 e. The minimum atomic E-state index is -3.59. The van der Waals surface area contributed by atoms with Crippen LogP contribution in [-0.2, 0) is 10.0 Å². The van der Waals surface area contributed by atoms with Crippen molar-refractivity contribution in [2.75, 3.05) is 20.1 Å². The Morgan fingerprint density at radius 3 is 2.70 bits per heavy atom. The molecule has 8 heteroatoms. The second-order valence-electron chi connectivity index (χ2n) is 4.63. The summed E-state index contributed by atoms with van der Waals surface area (Å²) in [6.45, 7) is 0.512. The number of carbonyl (C=O) groups is 1. The normalized spacial score (nSPS) is 20.0. The van der Waals surface area contributed by atoms with Crippen molar-refractivity contribution in [3.05, 3.63) is 28.7 Å². The third kappa shape index (κ3) is 2.82. The second-order valence-corrected chi connectivity index (χ2v) is 7.39. The van der Waals surface area contributed by atoms with Crippen LogP contribution < -0.4 is 0 Å². The van der Waals surface area contributed by atoms with Gasteiger partial charge in [-0.1, -0.05) is 12.1 Å². The van der Waals surface area contributed by atoms with E-state index in [4.69, 9.17) is 5.11 Å². The second kappa shape index (κ2) is 5.71. The molecule has 0 aromatic heterocycles. The minimum absolute atomic E-state index is 0.187. The summed E-state index contributed by atoms with van der Waals surface area (Å²) in [6.07, 6.45) is -0.540. The highest BCUT2D eigenvalue weighted by atomic mass is 79.9. The predicted octanol–water partition coefficient (Wildman–Crippen LogP) is 1.82. The smallest absolute Gasteiger partial charge is 0.407 e. The summed E-state index contributed by atoms with van der Waals surface area (Å²) in [4.78, 5) is 12.3. The molecule has 1 heterocycles. The van der Waals surface area contributed by atoms with Crippen molar-refractivity contribution in [3.8, 4) is 0 Å². The van der Waals surface area contributed by atoms with Crippen LogP contribution in [0.2, 0.25) is 0 Å². The van der Waals surface area contributed by atoms with Gasteiger partial charge in [-0.3, -0.25) is 0 Å². The van der Waals surface area contributed by atoms with E-state index in [1.54, 1.807) is 18.2 Å². The molecule has 1 fully saturated rings. The Morgan fingerprint density at radius 2 is 2.10 bits per heavy atom. The van der Waals surface area contributed by atoms with Crippen LogP contribution in [0.5, 0.6) is 0 Å². The Hall–Kier alpha value is -1.12. The summed E-state index contributed by atoms with van der Waals surface area (Å²) in [5.41, 5.74) is 0. The van der Waals surface area contributed by atoms with E-state index in [-0.39, 0.29) is 17.5 Å². The Kier molecular flexibility index (Phi) is 4.36. The van der Waals surface area contributed by atoms with E-state index < -0.39 is 16.1 Å². The van der Waals surface area contributed by atoms with Gasteiger partial charge < -0.3 is 10.0 Å². The predicted molar refractivity (Wildman–Crippen MR) is 77.1 cm³/mol. The number of sulfonamides is 1. The van der Waals surface area contributed by atoms with Crippen LogP contribution in [0.3, 0.4) is 0 Å². The molecule has 0 bridgehead atoms. The van der Waals surface area contributed by atoms with Gasteiger partial charge in [0, 0.05) is 30.7 Å². The number of hydrogen-bond donors (Lipinski definition) is 1. The monoisotopic (exact) mass is 362 g/mol. The first-order valence-electron chi connectivity index (χ1n) is 6.04. The number of amides is 1. The molecule has 1 saturated heterocycles. The Bertz CT molecular complexity index is 620. The first-order valence-corrected chi connectivity index (χ1v) is 8.28. The van der Waals surface area contributed by atoms with E-state index in [1.807, 2.05) is 0 Å². The number of rotatable bonds is 3. The van der Waals surface area contributed by atoms with Crippen LogP contribution in [0.25, 0.3) is 0 Å². The summed E-state index contributed by atoms with van der Waals surface area (Å²) >= 11 is 3.24. The van der Waals surface area contributed by atoms with Gasteiger partial charge in [0.15, 0.2) is 0 Å². The molecule has 20 heavy (non-hydrogen) atoms. The molecule has 1 atom stereocenters. The van der Waals surface area contributed by atoms with Crippen LogP contribution in [0.1, 0.15) is 6.42 Å². The number of benzene rings is 1. The molecule has 1 aromatic rings. The van der Waals surface area contributed by atoms with Crippen LogP contribution >= 0.6 is 15.9 Å². The molecule has 0 radical (unpaired) electrons. The molecule has 1 N–H and O–H groups in total. The van der Waals surface area contributed by atoms with Gasteiger partial charge in [0.2, 0.25) is 10.0 Å². The van der Waals surface area contributed by atoms with Crippen molar-refractivity contribution in [2.45, 2.75) is 17.4 Å². The van der Waals surface area contributed by atoms with Crippen molar-refractivity contribution in [1.29, 1.82) is 0 Å². The summed E-state index contributed by atoms with van der Waals surface area (Å²) < 4.78 is 26.9. The lowest BCUT2D eigenvalue weighted by Crippen LogP contribution is -2.39. The van der Waals surface area contributed by atoms with E-state index in [9.17, 15) is 13.2 Å². The fraction of sp³-hybridized carbons (Fsp3) is 0.417. The Balaban J connectivity index is 2.21. The van der Waals surface area contributed by atoms with Crippen molar-refractivity contribution >= 4 is 32.0 Å². The minimum Gasteiger partial charge on any atom is -0.465 e. The third-order valence-electron chi connectivity index (χ3n) is 3.43. The lowest BCUT2D eigenvalue weighted by Gasteiger charge is -2.22. The molecule has 0 aliphatic carbocycles. The number of nitrogens with zero attached hydrogens (tertiary/aromatic N) is 2. The first kappa shape index (κ1) is 15.3. The molecule has 1 amide bonds. The molecular weight excluding hydrogens is 348 g/mol. The average Bonchev–Trinajstić information content (AvgIpc) is 2.88. The van der Waals surface area contributed by atoms with E-state index in [1.165, 1.54) is 17.4 Å². The van der Waals surface area contributed by atoms with Crippen LogP contribution in [0.4, 0.5) is 4.79 Å². The average molecular weight is 363 g/mol. The van der Waals surface area contributed by atoms with Gasteiger partial charge in [0.1, 0.15) is 0 Å². The van der Waals surface area contributed by atoms with Crippen molar-refractivity contribution < 1.29 is 18.3 Å². The standard InChI is InChI=1S/C12H15BrN2O4S/c1-14(12(16)17)9-6-7-15(8-9)20(18,19)11-5-3-2-4-10(11)13/h2-5,9H,6-8H2,1H3,(H,16,17)/t9-/m1/s1. The van der Waals surface area contributed by atoms with Gasteiger partial charge >= 0.3 is 6.09 Å². The summed E-state index contributed by atoms with van der Waals surface area (Å²) in [6, 6.07) is 6.31. The van der Waals surface area contributed by atoms with Gasteiger partial charge in [-0.05, 0) is 34.5 Å². The summed E-state index contributed by atoms with van der Waals surface area (Å²) in [7, 11) is -2.13. The van der Waals surface area contributed by atoms with Crippen molar-refractivity contribution in [1.82, 2.24) is 9.21 Å². The highest BCUT2D eigenvalue weighted by Gasteiger charge is 2.36. The number of carboxylic acid groups (broad SMARTS) is 1. The largest absolute Gasteiger partial charge is 0.465 e. The van der Waals surface area contributed by atoms with Crippen LogP contribution in [0.15, 0.2) is 33.6 Å². The van der Waals surface area contributed by atoms with Gasteiger partial charge in [-0.2, -0.15) is 4.31 Å². The lowest BCUT2D eigenvalue weighted by molar-refractivity contribution is 0.140. The van der Waals surface area contributed by atoms with E-state index in [0.29, 0.717) is 17.4 Å². The summed E-state index contributed by atoms with van der Waals surface area (Å²) in [5, 5.41) is 8.94. The third-order valence-corrected chi connectivity index (χ3v) is 6.31.